The van der Waals surface area contributed by atoms with Gasteiger partial charge >= 0.3 is 0 Å². The van der Waals surface area contributed by atoms with Crippen molar-refractivity contribution < 1.29 is 4.74 Å². The van der Waals surface area contributed by atoms with Crippen LogP contribution in [0, 0.1) is 5.92 Å². The summed E-state index contributed by atoms with van der Waals surface area (Å²) in [5.74, 6) is 0.718. The number of methoxy groups -OCH3 is 1. The molecule has 0 amide bonds. The van der Waals surface area contributed by atoms with Crippen molar-refractivity contribution in [2.24, 2.45) is 5.92 Å². The van der Waals surface area contributed by atoms with Crippen LogP contribution in [0.2, 0.25) is 0 Å². The van der Waals surface area contributed by atoms with Crippen molar-refractivity contribution >= 4 is 0 Å². The summed E-state index contributed by atoms with van der Waals surface area (Å²) in [6.45, 7) is 11.6. The van der Waals surface area contributed by atoms with Gasteiger partial charge in [-0.05, 0) is 57.7 Å². The van der Waals surface area contributed by atoms with Gasteiger partial charge in [-0.25, -0.2) is 0 Å². The van der Waals surface area contributed by atoms with Crippen molar-refractivity contribution in [2.45, 2.75) is 65.0 Å². The molecule has 3 atom stereocenters. The highest BCUT2D eigenvalue weighted by molar-refractivity contribution is 4.78. The summed E-state index contributed by atoms with van der Waals surface area (Å²) in [5, 5.41) is 3.64. The van der Waals surface area contributed by atoms with E-state index < -0.39 is 0 Å². The molecule has 0 aromatic rings. The SMILES string of the molecule is CCCNC(CC)CCCN1CCC(C)C(OC)C1. The fourth-order valence-corrected chi connectivity index (χ4v) is 2.97. The van der Waals surface area contributed by atoms with Gasteiger partial charge in [0.15, 0.2) is 0 Å². The Hall–Kier alpha value is -0.120. The summed E-state index contributed by atoms with van der Waals surface area (Å²) in [5.41, 5.74) is 0. The first-order chi connectivity index (χ1) is 9.21. The van der Waals surface area contributed by atoms with Crippen molar-refractivity contribution in [3.05, 3.63) is 0 Å². The van der Waals surface area contributed by atoms with Crippen LogP contribution in [0.15, 0.2) is 0 Å². The Morgan fingerprint density at radius 2 is 2.16 bits per heavy atom. The lowest BCUT2D eigenvalue weighted by Gasteiger charge is -2.36. The molecule has 1 aliphatic heterocycles. The van der Waals surface area contributed by atoms with E-state index >= 15 is 0 Å². The zero-order valence-corrected chi connectivity index (χ0v) is 13.5. The van der Waals surface area contributed by atoms with E-state index in [0.717, 1.165) is 19.0 Å². The number of piperidine rings is 1. The van der Waals surface area contributed by atoms with Crippen molar-refractivity contribution in [1.82, 2.24) is 10.2 Å². The molecule has 3 unspecified atom stereocenters. The standard InChI is InChI=1S/C16H34N2O/c1-5-10-17-15(6-2)8-7-11-18-12-9-14(3)16(13-18)19-4/h14-17H,5-13H2,1-4H3. The summed E-state index contributed by atoms with van der Waals surface area (Å²) in [4.78, 5) is 2.58. The molecular weight excluding hydrogens is 236 g/mol. The number of hydrogen-bond donors (Lipinski definition) is 1. The van der Waals surface area contributed by atoms with E-state index in [2.05, 4.69) is 31.0 Å². The molecule has 0 aromatic heterocycles. The molecule has 3 heteroatoms. The van der Waals surface area contributed by atoms with Gasteiger partial charge in [0, 0.05) is 19.7 Å². The van der Waals surface area contributed by atoms with E-state index in [1.807, 2.05) is 7.11 Å². The molecule has 1 heterocycles. The predicted octanol–water partition coefficient (Wildman–Crippen LogP) is 2.90. The maximum absolute atomic E-state index is 5.58. The lowest BCUT2D eigenvalue weighted by molar-refractivity contribution is -0.00539. The number of nitrogens with one attached hydrogen (secondary N) is 1. The fourth-order valence-electron chi connectivity index (χ4n) is 2.97. The first-order valence-corrected chi connectivity index (χ1v) is 8.19. The zero-order valence-electron chi connectivity index (χ0n) is 13.5. The Labute approximate surface area is 120 Å². The second-order valence-corrected chi connectivity index (χ2v) is 6.04. The van der Waals surface area contributed by atoms with Gasteiger partial charge in [0.2, 0.25) is 0 Å². The first kappa shape index (κ1) is 16.9. The molecular formula is C16H34N2O. The minimum atomic E-state index is 0.439. The average molecular weight is 270 g/mol. The molecule has 1 saturated heterocycles. The van der Waals surface area contributed by atoms with Gasteiger partial charge in [0.25, 0.3) is 0 Å². The van der Waals surface area contributed by atoms with E-state index in [9.17, 15) is 0 Å². The van der Waals surface area contributed by atoms with E-state index in [1.54, 1.807) is 0 Å². The Morgan fingerprint density at radius 3 is 2.79 bits per heavy atom. The van der Waals surface area contributed by atoms with Crippen LogP contribution in [0.4, 0.5) is 0 Å². The third kappa shape index (κ3) is 6.24. The number of ether oxygens (including phenoxy) is 1. The van der Waals surface area contributed by atoms with Crippen molar-refractivity contribution in [2.75, 3.05) is 33.3 Å². The lowest BCUT2D eigenvalue weighted by atomic mass is 9.95. The van der Waals surface area contributed by atoms with Gasteiger partial charge in [-0.1, -0.05) is 20.8 Å². The van der Waals surface area contributed by atoms with Crippen LogP contribution in [0.25, 0.3) is 0 Å². The Morgan fingerprint density at radius 1 is 1.37 bits per heavy atom. The number of rotatable bonds is 9. The Kier molecular flexibility index (Phi) is 8.67. The third-order valence-corrected chi connectivity index (χ3v) is 4.48. The monoisotopic (exact) mass is 270 g/mol. The largest absolute Gasteiger partial charge is 0.380 e. The summed E-state index contributed by atoms with van der Waals surface area (Å²) in [7, 11) is 1.85. The zero-order chi connectivity index (χ0) is 14.1. The lowest BCUT2D eigenvalue weighted by Crippen LogP contribution is -2.44. The number of hydrogen-bond acceptors (Lipinski definition) is 3. The second kappa shape index (κ2) is 9.73. The molecule has 0 saturated carbocycles. The smallest absolute Gasteiger partial charge is 0.0724 e. The number of nitrogens with zero attached hydrogens (tertiary/aromatic N) is 1. The van der Waals surface area contributed by atoms with Gasteiger partial charge in [0.05, 0.1) is 6.10 Å². The summed E-state index contributed by atoms with van der Waals surface area (Å²) in [6.07, 6.45) is 6.81. The molecule has 1 N–H and O–H groups in total. The fraction of sp³-hybridized carbons (Fsp3) is 1.00. The minimum absolute atomic E-state index is 0.439. The Balaban J connectivity index is 2.17. The maximum atomic E-state index is 5.58. The van der Waals surface area contributed by atoms with E-state index in [0.29, 0.717) is 12.1 Å². The van der Waals surface area contributed by atoms with Crippen molar-refractivity contribution in [3.63, 3.8) is 0 Å². The highest BCUT2D eigenvalue weighted by atomic mass is 16.5. The van der Waals surface area contributed by atoms with Crippen molar-refractivity contribution in [3.8, 4) is 0 Å². The molecule has 0 spiro atoms. The maximum Gasteiger partial charge on any atom is 0.0724 e. The summed E-state index contributed by atoms with van der Waals surface area (Å²) in [6, 6.07) is 0.710. The van der Waals surface area contributed by atoms with Gasteiger partial charge < -0.3 is 15.0 Å². The topological polar surface area (TPSA) is 24.5 Å². The summed E-state index contributed by atoms with van der Waals surface area (Å²) < 4.78 is 5.58. The molecule has 0 aliphatic carbocycles. The quantitative estimate of drug-likeness (QED) is 0.697. The van der Waals surface area contributed by atoms with Crippen LogP contribution < -0.4 is 5.32 Å². The van der Waals surface area contributed by atoms with Gasteiger partial charge in [-0.15, -0.1) is 0 Å². The number of likely N-dealkylation sites (tertiary alicyclic amines) is 1. The molecule has 1 aliphatic rings. The van der Waals surface area contributed by atoms with Crippen LogP contribution >= 0.6 is 0 Å². The van der Waals surface area contributed by atoms with Crippen LogP contribution in [-0.2, 0) is 4.74 Å². The highest BCUT2D eigenvalue weighted by Gasteiger charge is 2.25. The van der Waals surface area contributed by atoms with Gasteiger partial charge in [-0.3, -0.25) is 0 Å². The van der Waals surface area contributed by atoms with E-state index in [4.69, 9.17) is 4.74 Å². The van der Waals surface area contributed by atoms with Gasteiger partial charge in [0.1, 0.15) is 0 Å². The molecule has 114 valence electrons. The van der Waals surface area contributed by atoms with Crippen LogP contribution in [0.1, 0.15) is 52.9 Å². The van der Waals surface area contributed by atoms with Crippen LogP contribution in [0.5, 0.6) is 0 Å². The molecule has 0 aromatic carbocycles. The molecule has 1 rings (SSSR count). The van der Waals surface area contributed by atoms with Gasteiger partial charge in [-0.2, -0.15) is 0 Å². The molecule has 0 bridgehead atoms. The second-order valence-electron chi connectivity index (χ2n) is 6.04. The first-order valence-electron chi connectivity index (χ1n) is 8.19. The van der Waals surface area contributed by atoms with Crippen LogP contribution in [-0.4, -0.2) is 50.3 Å². The molecule has 19 heavy (non-hydrogen) atoms. The molecule has 0 radical (unpaired) electrons. The molecule has 3 nitrogen and oxygen atoms in total. The van der Waals surface area contributed by atoms with E-state index in [-0.39, 0.29) is 0 Å². The van der Waals surface area contributed by atoms with Crippen molar-refractivity contribution in [1.29, 1.82) is 0 Å². The highest BCUT2D eigenvalue weighted by Crippen LogP contribution is 2.19. The Bertz CT molecular complexity index is 223. The minimum Gasteiger partial charge on any atom is -0.380 e. The summed E-state index contributed by atoms with van der Waals surface area (Å²) >= 11 is 0. The third-order valence-electron chi connectivity index (χ3n) is 4.48. The van der Waals surface area contributed by atoms with E-state index in [1.165, 1.54) is 45.2 Å². The normalized spacial score (nSPS) is 26.5. The molecule has 1 fully saturated rings. The van der Waals surface area contributed by atoms with Crippen LogP contribution in [0.3, 0.4) is 0 Å². The average Bonchev–Trinajstić information content (AvgIpc) is 2.44. The predicted molar refractivity (Wildman–Crippen MR) is 82.6 cm³/mol.